The number of carboxylic acid groups (broad SMARTS) is 1. The van der Waals surface area contributed by atoms with Crippen LogP contribution < -0.4 is 9.47 Å². The molecule has 0 heterocycles. The molecule has 0 saturated heterocycles. The number of halogens is 6. The molecule has 0 aromatic heterocycles. The number of rotatable bonds is 9. The zero-order chi connectivity index (χ0) is 35.2. The first-order valence-corrected chi connectivity index (χ1v) is 11.9. The molecule has 0 atom stereocenters. The van der Waals surface area contributed by atoms with E-state index in [2.05, 4.69) is 0 Å². The van der Waals surface area contributed by atoms with Gasteiger partial charge in [0.25, 0.3) is 11.5 Å². The Morgan fingerprint density at radius 3 is 1.34 bits per heavy atom. The molecule has 0 bridgehead atoms. The summed E-state index contributed by atoms with van der Waals surface area (Å²) in [7, 11) is 0. The summed E-state index contributed by atoms with van der Waals surface area (Å²) in [4.78, 5) is 52.8. The van der Waals surface area contributed by atoms with Crippen molar-refractivity contribution in [2.45, 2.75) is 12.4 Å². The molecular formula is C25H10F6N4O12. The van der Waals surface area contributed by atoms with E-state index in [-0.39, 0.29) is 35.0 Å². The fourth-order valence-electron chi connectivity index (χ4n) is 4.11. The van der Waals surface area contributed by atoms with Crippen molar-refractivity contribution in [3.8, 4) is 23.0 Å². The molecule has 0 unspecified atom stereocenters. The number of nitrogens with zero attached hydrogens (tertiary/aromatic N) is 4. The number of nitro benzene ring substituents is 4. The second-order valence-corrected chi connectivity index (χ2v) is 9.05. The molecule has 0 aliphatic heterocycles. The summed E-state index contributed by atoms with van der Waals surface area (Å²) in [6.07, 6.45) is -10.6. The lowest BCUT2D eigenvalue weighted by atomic mass is 10.0. The molecule has 22 heteroatoms. The zero-order valence-electron chi connectivity index (χ0n) is 22.2. The predicted molar refractivity (Wildman–Crippen MR) is 141 cm³/mol. The second kappa shape index (κ2) is 11.7. The van der Waals surface area contributed by atoms with Gasteiger partial charge in [-0.05, 0) is 23.6 Å². The van der Waals surface area contributed by atoms with Crippen LogP contribution in [0, 0.1) is 40.5 Å². The van der Waals surface area contributed by atoms with Crippen LogP contribution >= 0.6 is 0 Å². The van der Waals surface area contributed by atoms with Crippen molar-refractivity contribution < 1.29 is 65.4 Å². The van der Waals surface area contributed by atoms with E-state index in [0.29, 0.717) is 6.07 Å². The molecule has 0 saturated carbocycles. The van der Waals surface area contributed by atoms with Crippen molar-refractivity contribution in [1.29, 1.82) is 0 Å². The number of hydrogen-bond acceptors (Lipinski definition) is 11. The van der Waals surface area contributed by atoms with Gasteiger partial charge >= 0.3 is 41.1 Å². The number of aromatic carboxylic acids is 1. The van der Waals surface area contributed by atoms with Crippen LogP contribution in [0.4, 0.5) is 49.1 Å². The second-order valence-electron chi connectivity index (χ2n) is 9.05. The van der Waals surface area contributed by atoms with Gasteiger partial charge in [-0.25, -0.2) is 4.79 Å². The summed E-state index contributed by atoms with van der Waals surface area (Å²) in [6, 6.07) is 4.39. The minimum Gasteiger partial charge on any atom is -0.478 e. The fraction of sp³-hybridized carbons (Fsp3) is 0.0800. The number of fused-ring (bicyclic) bond motifs is 1. The molecule has 0 radical (unpaired) electrons. The Morgan fingerprint density at radius 2 is 1.00 bits per heavy atom. The van der Waals surface area contributed by atoms with Crippen LogP contribution in [0.25, 0.3) is 10.8 Å². The summed E-state index contributed by atoms with van der Waals surface area (Å²) in [5.74, 6) is -6.21. The highest BCUT2D eigenvalue weighted by Gasteiger charge is 2.40. The van der Waals surface area contributed by atoms with Gasteiger partial charge in [0.2, 0.25) is 0 Å². The quantitative estimate of drug-likeness (QED) is 0.102. The van der Waals surface area contributed by atoms with E-state index in [0.717, 1.165) is 18.2 Å². The van der Waals surface area contributed by atoms with E-state index < -0.39 is 100 Å². The predicted octanol–water partition coefficient (Wildman–Crippen LogP) is 7.79. The van der Waals surface area contributed by atoms with Crippen molar-refractivity contribution in [3.05, 3.63) is 112 Å². The van der Waals surface area contributed by atoms with Crippen LogP contribution in [0.3, 0.4) is 0 Å². The molecule has 1 N–H and O–H groups in total. The molecule has 4 aromatic rings. The van der Waals surface area contributed by atoms with Crippen LogP contribution in [-0.4, -0.2) is 30.8 Å². The number of hydrogen-bond donors (Lipinski definition) is 1. The van der Waals surface area contributed by atoms with Crippen molar-refractivity contribution in [2.24, 2.45) is 0 Å². The van der Waals surface area contributed by atoms with E-state index in [4.69, 9.17) is 9.47 Å². The topological polar surface area (TPSA) is 228 Å². The lowest BCUT2D eigenvalue weighted by Crippen LogP contribution is -2.09. The number of carboxylic acids is 1. The van der Waals surface area contributed by atoms with Crippen LogP contribution in [0.1, 0.15) is 21.5 Å². The summed E-state index contributed by atoms with van der Waals surface area (Å²) >= 11 is 0. The van der Waals surface area contributed by atoms with Crippen molar-refractivity contribution >= 4 is 39.5 Å². The minimum atomic E-state index is -5.31. The molecule has 0 aliphatic rings. The maximum Gasteiger partial charge on any atom is 0.416 e. The average Bonchev–Trinajstić information content (AvgIpc) is 2.95. The van der Waals surface area contributed by atoms with Gasteiger partial charge in [0, 0.05) is 29.7 Å². The third-order valence-electron chi connectivity index (χ3n) is 6.14. The highest BCUT2D eigenvalue weighted by molar-refractivity contribution is 6.00. The third kappa shape index (κ3) is 6.59. The summed E-state index contributed by atoms with van der Waals surface area (Å²) in [5.41, 5.74) is -10.7. The Kier molecular flexibility index (Phi) is 8.30. The lowest BCUT2D eigenvalue weighted by Gasteiger charge is -2.15. The Balaban J connectivity index is 1.99. The Labute approximate surface area is 252 Å². The van der Waals surface area contributed by atoms with Gasteiger partial charge in [-0.2, -0.15) is 26.3 Å². The molecule has 47 heavy (non-hydrogen) atoms. The van der Waals surface area contributed by atoms with E-state index in [1.807, 2.05) is 0 Å². The minimum absolute atomic E-state index is 0.0482. The molecule has 0 amide bonds. The maximum absolute atomic E-state index is 13.3. The Hall–Kier alpha value is -6.61. The molecule has 0 aliphatic carbocycles. The summed E-state index contributed by atoms with van der Waals surface area (Å²) < 4.78 is 90.4. The van der Waals surface area contributed by atoms with Gasteiger partial charge in [0.05, 0.1) is 30.8 Å². The number of carbonyl (C=O) groups is 1. The zero-order valence-corrected chi connectivity index (χ0v) is 22.2. The number of alkyl halides is 6. The largest absolute Gasteiger partial charge is 0.478 e. The highest BCUT2D eigenvalue weighted by atomic mass is 19.4. The smallest absolute Gasteiger partial charge is 0.416 e. The maximum atomic E-state index is 13.3. The molecule has 244 valence electrons. The molecular weight excluding hydrogens is 662 g/mol. The number of nitro groups is 4. The molecule has 16 nitrogen and oxygen atoms in total. The molecule has 0 spiro atoms. The van der Waals surface area contributed by atoms with E-state index in [1.165, 1.54) is 6.07 Å². The van der Waals surface area contributed by atoms with E-state index >= 15 is 0 Å². The number of benzene rings is 4. The first-order valence-electron chi connectivity index (χ1n) is 11.9. The highest BCUT2D eigenvalue weighted by Crippen LogP contribution is 2.48. The summed E-state index contributed by atoms with van der Waals surface area (Å²) in [6.45, 7) is 0. The van der Waals surface area contributed by atoms with Crippen LogP contribution in [-0.2, 0) is 12.4 Å². The lowest BCUT2D eigenvalue weighted by molar-refractivity contribution is -0.396. The van der Waals surface area contributed by atoms with Gasteiger partial charge in [0.15, 0.2) is 0 Å². The summed E-state index contributed by atoms with van der Waals surface area (Å²) in [5, 5.41) is 55.7. The van der Waals surface area contributed by atoms with Crippen LogP contribution in [0.15, 0.2) is 54.6 Å². The van der Waals surface area contributed by atoms with Gasteiger partial charge in [-0.15, -0.1) is 0 Å². The van der Waals surface area contributed by atoms with E-state index in [1.54, 1.807) is 0 Å². The first-order chi connectivity index (χ1) is 21.7. The van der Waals surface area contributed by atoms with Gasteiger partial charge in [-0.3, -0.25) is 40.5 Å². The van der Waals surface area contributed by atoms with Crippen LogP contribution in [0.2, 0.25) is 0 Å². The van der Waals surface area contributed by atoms with Crippen molar-refractivity contribution in [3.63, 3.8) is 0 Å². The van der Waals surface area contributed by atoms with Crippen molar-refractivity contribution in [1.82, 2.24) is 0 Å². The average molecular weight is 672 g/mol. The molecule has 4 aromatic carbocycles. The Bertz CT molecular complexity index is 1960. The third-order valence-corrected chi connectivity index (χ3v) is 6.14. The van der Waals surface area contributed by atoms with Crippen molar-refractivity contribution in [2.75, 3.05) is 0 Å². The SMILES string of the molecule is O=C(O)c1cc2cccc(Oc3c([N+](=O)[O-])cc(C(F)(F)F)cc3[N+](=O)[O-])c2cc1Oc1c([N+](=O)[O-])cc(C(F)(F)F)cc1[N+](=O)[O-]. The van der Waals surface area contributed by atoms with E-state index in [9.17, 15) is 76.7 Å². The van der Waals surface area contributed by atoms with Crippen LogP contribution in [0.5, 0.6) is 23.0 Å². The fourth-order valence-corrected chi connectivity index (χ4v) is 4.11. The molecule has 4 rings (SSSR count). The first kappa shape index (κ1) is 33.3. The monoisotopic (exact) mass is 672 g/mol. The van der Waals surface area contributed by atoms with Gasteiger partial charge in [-0.1, -0.05) is 12.1 Å². The van der Waals surface area contributed by atoms with Gasteiger partial charge in [0.1, 0.15) is 17.1 Å². The standard InChI is InChI=1S/C25H10F6N4O12/c26-24(27,28)11-5-15(32(38)39)21(16(6-11)33(40)41)46-19-3-1-2-10-4-14(23(36)37)20(9-13(10)19)47-22-17(34(42)43)7-12(25(29,30)31)8-18(22)35(44)45/h1-9H,(H,36,37). The van der Waals surface area contributed by atoms with Gasteiger partial charge < -0.3 is 14.6 Å². The normalized spacial score (nSPS) is 11.6. The number of ether oxygens (including phenoxy) is 2. The molecule has 0 fully saturated rings. The Morgan fingerprint density at radius 1 is 0.617 bits per heavy atom.